The van der Waals surface area contributed by atoms with Crippen molar-refractivity contribution in [2.24, 2.45) is 0 Å². The average molecular weight is 379 g/mol. The van der Waals surface area contributed by atoms with Crippen molar-refractivity contribution in [1.82, 2.24) is 9.88 Å². The monoisotopic (exact) mass is 378 g/mol. The van der Waals surface area contributed by atoms with E-state index in [1.165, 1.54) is 5.56 Å². The van der Waals surface area contributed by atoms with Gasteiger partial charge in [-0.25, -0.2) is 4.79 Å². The fourth-order valence-corrected chi connectivity index (χ4v) is 3.63. The molecule has 2 aromatic carbocycles. The van der Waals surface area contributed by atoms with Crippen LogP contribution in [0, 0.1) is 6.92 Å². The van der Waals surface area contributed by atoms with E-state index in [9.17, 15) is 4.79 Å². The van der Waals surface area contributed by atoms with Gasteiger partial charge in [-0.3, -0.25) is 0 Å². The molecule has 4 heteroatoms. The van der Waals surface area contributed by atoms with Crippen LogP contribution in [-0.2, 0) is 11.2 Å². The van der Waals surface area contributed by atoms with E-state index in [1.807, 2.05) is 44.2 Å². The molecule has 0 aliphatic heterocycles. The summed E-state index contributed by atoms with van der Waals surface area (Å²) in [6.45, 7) is 11.3. The second-order valence-corrected chi connectivity index (χ2v) is 7.24. The summed E-state index contributed by atoms with van der Waals surface area (Å²) in [5, 5.41) is 0.944. The Kier molecular flexibility index (Phi) is 6.53. The number of aromatic nitrogens is 1. The number of carbonyl (C=O) groups excluding carboxylic acids is 1. The quantitative estimate of drug-likeness (QED) is 0.543. The maximum atomic E-state index is 12.9. The third-order valence-corrected chi connectivity index (χ3v) is 5.42. The highest BCUT2D eigenvalue weighted by Gasteiger charge is 2.20. The van der Waals surface area contributed by atoms with E-state index in [0.29, 0.717) is 5.56 Å². The topological polar surface area (TPSA) is 45.3 Å². The highest BCUT2D eigenvalue weighted by Crippen LogP contribution is 2.27. The van der Waals surface area contributed by atoms with Crippen LogP contribution in [0.25, 0.3) is 10.9 Å². The first-order valence-electron chi connectivity index (χ1n) is 10.1. The lowest BCUT2D eigenvalue weighted by molar-refractivity contribution is 0.0339. The number of nitrogens with one attached hydrogen (secondary N) is 1. The summed E-state index contributed by atoms with van der Waals surface area (Å²) in [6.07, 6.45) is 0.681. The van der Waals surface area contributed by atoms with Crippen molar-refractivity contribution in [3.8, 4) is 0 Å². The fraction of sp³-hybridized carbons (Fsp3) is 0.375. The zero-order valence-corrected chi connectivity index (χ0v) is 17.3. The number of esters is 1. The predicted octanol–water partition coefficient (Wildman–Crippen LogP) is 5.28. The number of benzene rings is 2. The first-order chi connectivity index (χ1) is 13.5. The van der Waals surface area contributed by atoms with Crippen LogP contribution in [0.1, 0.15) is 54.1 Å². The minimum Gasteiger partial charge on any atom is -0.454 e. The summed E-state index contributed by atoms with van der Waals surface area (Å²) in [7, 11) is 0. The Hall–Kier alpha value is -2.59. The molecule has 1 atom stereocenters. The SMILES string of the molecule is CCN(CC)CCc1ccc2[nH]c(C)c(C(=O)O[C@@H](C)c3ccccc3)c2c1. The van der Waals surface area contributed by atoms with Gasteiger partial charge in [0.25, 0.3) is 0 Å². The Morgan fingerprint density at radius 3 is 2.50 bits per heavy atom. The van der Waals surface area contributed by atoms with Crippen LogP contribution in [0.5, 0.6) is 0 Å². The van der Waals surface area contributed by atoms with Gasteiger partial charge in [0.2, 0.25) is 0 Å². The number of likely N-dealkylation sites (N-methyl/N-ethyl adjacent to an activating group) is 1. The number of carbonyl (C=O) groups is 1. The molecule has 0 amide bonds. The molecule has 1 N–H and O–H groups in total. The lowest BCUT2D eigenvalue weighted by atomic mass is 10.1. The van der Waals surface area contributed by atoms with Crippen LogP contribution in [0.4, 0.5) is 0 Å². The molecule has 3 rings (SSSR count). The first kappa shape index (κ1) is 20.2. The third kappa shape index (κ3) is 4.45. The highest BCUT2D eigenvalue weighted by molar-refractivity contribution is 6.05. The molecule has 148 valence electrons. The number of aryl methyl sites for hydroxylation is 1. The number of rotatable bonds is 8. The average Bonchev–Trinajstić information content (AvgIpc) is 3.04. The van der Waals surface area contributed by atoms with Crippen LogP contribution in [0.3, 0.4) is 0 Å². The molecule has 1 heterocycles. The maximum absolute atomic E-state index is 12.9. The Labute approximate surface area is 167 Å². The molecule has 0 bridgehead atoms. The number of fused-ring (bicyclic) bond motifs is 1. The summed E-state index contributed by atoms with van der Waals surface area (Å²) < 4.78 is 5.78. The van der Waals surface area contributed by atoms with Gasteiger partial charge in [-0.15, -0.1) is 0 Å². The number of ether oxygens (including phenoxy) is 1. The van der Waals surface area contributed by atoms with Gasteiger partial charge >= 0.3 is 5.97 Å². The lowest BCUT2D eigenvalue weighted by Gasteiger charge is -2.17. The molecule has 3 aromatic rings. The molecule has 0 fully saturated rings. The molecule has 0 saturated carbocycles. The van der Waals surface area contributed by atoms with Gasteiger partial charge in [0.1, 0.15) is 6.10 Å². The van der Waals surface area contributed by atoms with Crippen molar-refractivity contribution >= 4 is 16.9 Å². The van der Waals surface area contributed by atoms with Gasteiger partial charge in [0.05, 0.1) is 5.56 Å². The van der Waals surface area contributed by atoms with Crippen LogP contribution < -0.4 is 0 Å². The molecular formula is C24H30N2O2. The Morgan fingerprint density at radius 1 is 1.11 bits per heavy atom. The lowest BCUT2D eigenvalue weighted by Crippen LogP contribution is -2.25. The minimum atomic E-state index is -0.288. The number of nitrogens with zero attached hydrogens (tertiary/aromatic N) is 1. The van der Waals surface area contributed by atoms with E-state index < -0.39 is 0 Å². The summed E-state index contributed by atoms with van der Waals surface area (Å²) in [4.78, 5) is 18.7. The summed E-state index contributed by atoms with van der Waals surface area (Å²) >= 11 is 0. The van der Waals surface area contributed by atoms with E-state index in [-0.39, 0.29) is 12.1 Å². The van der Waals surface area contributed by atoms with E-state index in [2.05, 4.69) is 41.9 Å². The molecule has 0 saturated heterocycles. The minimum absolute atomic E-state index is 0.277. The number of H-pyrrole nitrogens is 1. The molecule has 0 radical (unpaired) electrons. The standard InChI is InChI=1S/C24H30N2O2/c1-5-26(6-2)15-14-19-12-13-22-21(16-19)23(17(3)25-22)24(27)28-18(4)20-10-8-7-9-11-20/h7-13,16,18,25H,5-6,14-15H2,1-4H3/t18-/m0/s1. The van der Waals surface area contributed by atoms with Crippen molar-refractivity contribution in [3.63, 3.8) is 0 Å². The first-order valence-corrected chi connectivity index (χ1v) is 10.1. The zero-order chi connectivity index (χ0) is 20.1. The Balaban J connectivity index is 1.82. The summed E-state index contributed by atoms with van der Waals surface area (Å²) in [6, 6.07) is 16.2. The van der Waals surface area contributed by atoms with Crippen LogP contribution in [0.2, 0.25) is 0 Å². The Morgan fingerprint density at radius 2 is 1.82 bits per heavy atom. The molecule has 0 spiro atoms. The predicted molar refractivity (Wildman–Crippen MR) is 115 cm³/mol. The van der Waals surface area contributed by atoms with E-state index in [1.54, 1.807) is 0 Å². The highest BCUT2D eigenvalue weighted by atomic mass is 16.5. The molecule has 1 aromatic heterocycles. The normalized spacial score (nSPS) is 12.5. The van der Waals surface area contributed by atoms with Gasteiger partial charge < -0.3 is 14.6 Å². The van der Waals surface area contributed by atoms with Crippen molar-refractivity contribution in [2.45, 2.75) is 40.2 Å². The summed E-state index contributed by atoms with van der Waals surface area (Å²) in [5.41, 5.74) is 4.70. The van der Waals surface area contributed by atoms with Crippen molar-refractivity contribution in [1.29, 1.82) is 0 Å². The smallest absolute Gasteiger partial charge is 0.341 e. The summed E-state index contributed by atoms with van der Waals surface area (Å²) in [5.74, 6) is -0.277. The van der Waals surface area contributed by atoms with Crippen LogP contribution in [-0.4, -0.2) is 35.5 Å². The molecule has 0 aliphatic carbocycles. The second-order valence-electron chi connectivity index (χ2n) is 7.24. The zero-order valence-electron chi connectivity index (χ0n) is 17.3. The van der Waals surface area contributed by atoms with E-state index in [0.717, 1.165) is 48.2 Å². The van der Waals surface area contributed by atoms with Crippen molar-refractivity contribution in [2.75, 3.05) is 19.6 Å². The van der Waals surface area contributed by atoms with Gasteiger partial charge in [-0.05, 0) is 56.6 Å². The van der Waals surface area contributed by atoms with Crippen molar-refractivity contribution < 1.29 is 9.53 Å². The molecule has 0 unspecified atom stereocenters. The second kappa shape index (κ2) is 9.07. The van der Waals surface area contributed by atoms with E-state index >= 15 is 0 Å². The fourth-order valence-electron chi connectivity index (χ4n) is 3.63. The number of hydrogen-bond acceptors (Lipinski definition) is 3. The van der Waals surface area contributed by atoms with E-state index in [4.69, 9.17) is 4.74 Å². The molecule has 0 aliphatic rings. The largest absolute Gasteiger partial charge is 0.454 e. The van der Waals surface area contributed by atoms with Gasteiger partial charge in [-0.1, -0.05) is 50.2 Å². The molecular weight excluding hydrogens is 348 g/mol. The molecule has 4 nitrogen and oxygen atoms in total. The third-order valence-electron chi connectivity index (χ3n) is 5.42. The maximum Gasteiger partial charge on any atom is 0.341 e. The number of aromatic amines is 1. The molecule has 28 heavy (non-hydrogen) atoms. The van der Waals surface area contributed by atoms with Gasteiger partial charge in [0.15, 0.2) is 0 Å². The van der Waals surface area contributed by atoms with Crippen molar-refractivity contribution in [3.05, 3.63) is 70.9 Å². The van der Waals surface area contributed by atoms with Crippen LogP contribution >= 0.6 is 0 Å². The van der Waals surface area contributed by atoms with Crippen LogP contribution in [0.15, 0.2) is 48.5 Å². The van der Waals surface area contributed by atoms with Gasteiger partial charge in [-0.2, -0.15) is 0 Å². The van der Waals surface area contributed by atoms with Gasteiger partial charge in [0, 0.05) is 23.1 Å². The Bertz CT molecular complexity index is 926. The number of hydrogen-bond donors (Lipinski definition) is 1.